The van der Waals surface area contributed by atoms with E-state index in [1.54, 1.807) is 11.0 Å². The van der Waals surface area contributed by atoms with E-state index in [4.69, 9.17) is 4.74 Å². The summed E-state index contributed by atoms with van der Waals surface area (Å²) in [6.45, 7) is 8.97. The molecule has 0 radical (unpaired) electrons. The minimum absolute atomic E-state index is 0.0493. The summed E-state index contributed by atoms with van der Waals surface area (Å²) in [5.74, 6) is 0.766. The first kappa shape index (κ1) is 23.8. The van der Waals surface area contributed by atoms with Gasteiger partial charge in [-0.15, -0.1) is 0 Å². The zero-order chi connectivity index (χ0) is 25.1. The smallest absolute Gasteiger partial charge is 0.294 e. The number of rotatable bonds is 5. The number of amides is 2. The maximum absolute atomic E-state index is 13.5. The fourth-order valence-corrected chi connectivity index (χ4v) is 4.74. The molecule has 6 heteroatoms. The summed E-state index contributed by atoms with van der Waals surface area (Å²) in [6, 6.07) is 23.1. The first-order valence-electron chi connectivity index (χ1n) is 12.5. The minimum atomic E-state index is -0.191. The van der Waals surface area contributed by atoms with Gasteiger partial charge >= 0.3 is 0 Å². The van der Waals surface area contributed by atoms with Crippen LogP contribution in [-0.4, -0.2) is 54.3 Å². The average molecular weight is 482 g/mol. The van der Waals surface area contributed by atoms with E-state index in [0.717, 1.165) is 55.1 Å². The van der Waals surface area contributed by atoms with Crippen molar-refractivity contribution < 1.29 is 14.3 Å². The Balaban J connectivity index is 1.36. The number of piperazine rings is 1. The largest absolute Gasteiger partial charge is 0.449 e. The quantitative estimate of drug-likeness (QED) is 0.494. The van der Waals surface area contributed by atoms with Gasteiger partial charge in [0.15, 0.2) is 11.5 Å². The second kappa shape index (κ2) is 10.4. The molecule has 0 aliphatic carbocycles. The van der Waals surface area contributed by atoms with Crippen LogP contribution in [0, 0.1) is 6.92 Å². The monoisotopic (exact) mass is 481 g/mol. The number of nitrogens with zero attached hydrogens (tertiary/aromatic N) is 3. The van der Waals surface area contributed by atoms with Gasteiger partial charge in [-0.05, 0) is 54.9 Å². The van der Waals surface area contributed by atoms with Gasteiger partial charge in [-0.2, -0.15) is 0 Å². The number of carbonyl (C=O) groups is 2. The molecular formula is C30H31N3O3. The number of anilines is 1. The van der Waals surface area contributed by atoms with E-state index < -0.39 is 0 Å². The summed E-state index contributed by atoms with van der Waals surface area (Å²) in [5.41, 5.74) is 4.43. The molecule has 0 spiro atoms. The van der Waals surface area contributed by atoms with E-state index in [1.165, 1.54) is 0 Å². The van der Waals surface area contributed by atoms with Gasteiger partial charge in [-0.1, -0.05) is 61.0 Å². The number of aryl methyl sites for hydroxylation is 1. The molecule has 1 saturated heterocycles. The van der Waals surface area contributed by atoms with Crippen LogP contribution in [-0.2, 0) is 11.3 Å². The van der Waals surface area contributed by atoms with E-state index in [2.05, 4.69) is 17.9 Å². The maximum Gasteiger partial charge on any atom is 0.294 e. The van der Waals surface area contributed by atoms with E-state index in [0.29, 0.717) is 17.9 Å². The lowest BCUT2D eigenvalue weighted by atomic mass is 10.1. The Morgan fingerprint density at radius 1 is 0.944 bits per heavy atom. The zero-order valence-corrected chi connectivity index (χ0v) is 20.8. The summed E-state index contributed by atoms with van der Waals surface area (Å²) in [6.07, 6.45) is 1.75. The van der Waals surface area contributed by atoms with Crippen LogP contribution in [0.25, 0.3) is 6.08 Å². The second-order valence-electron chi connectivity index (χ2n) is 9.31. The fraction of sp³-hybridized carbons (Fsp3) is 0.267. The average Bonchev–Trinajstić information content (AvgIpc) is 2.91. The lowest BCUT2D eigenvalue weighted by Crippen LogP contribution is -2.48. The Kier molecular flexibility index (Phi) is 6.87. The Hall–Kier alpha value is -3.90. The van der Waals surface area contributed by atoms with Gasteiger partial charge < -0.3 is 14.5 Å². The number of hydrogen-bond acceptors (Lipinski definition) is 4. The Bertz CT molecular complexity index is 1290. The van der Waals surface area contributed by atoms with Crippen molar-refractivity contribution in [1.82, 2.24) is 9.80 Å². The third kappa shape index (κ3) is 5.04. The van der Waals surface area contributed by atoms with Gasteiger partial charge in [0, 0.05) is 31.7 Å². The SMILES string of the molecule is CCN1CCN(C(=O)c2ccc(C=C3Oc4ccccc4N(Cc4cccc(C)c4)C3=O)cc2)CC1. The molecular weight excluding hydrogens is 450 g/mol. The molecule has 0 bridgehead atoms. The molecule has 36 heavy (non-hydrogen) atoms. The van der Waals surface area contributed by atoms with Gasteiger partial charge in [-0.25, -0.2) is 0 Å². The van der Waals surface area contributed by atoms with Crippen LogP contribution < -0.4 is 9.64 Å². The molecule has 1 fully saturated rings. The highest BCUT2D eigenvalue weighted by atomic mass is 16.5. The number of carbonyl (C=O) groups excluding carboxylic acids is 2. The van der Waals surface area contributed by atoms with Gasteiger partial charge in [0.25, 0.3) is 11.8 Å². The number of para-hydroxylation sites is 2. The molecule has 0 N–H and O–H groups in total. The van der Waals surface area contributed by atoms with Crippen molar-refractivity contribution in [2.75, 3.05) is 37.6 Å². The molecule has 3 aromatic rings. The summed E-state index contributed by atoms with van der Waals surface area (Å²) >= 11 is 0. The molecule has 6 nitrogen and oxygen atoms in total. The highest BCUT2D eigenvalue weighted by Crippen LogP contribution is 2.36. The number of fused-ring (bicyclic) bond motifs is 1. The molecule has 2 heterocycles. The van der Waals surface area contributed by atoms with Crippen molar-refractivity contribution in [1.29, 1.82) is 0 Å². The summed E-state index contributed by atoms with van der Waals surface area (Å²) in [4.78, 5) is 32.4. The lowest BCUT2D eigenvalue weighted by molar-refractivity contribution is -0.117. The molecule has 0 unspecified atom stereocenters. The van der Waals surface area contributed by atoms with Crippen molar-refractivity contribution >= 4 is 23.6 Å². The predicted molar refractivity (Wildman–Crippen MR) is 142 cm³/mol. The lowest BCUT2D eigenvalue weighted by Gasteiger charge is -2.34. The van der Waals surface area contributed by atoms with Crippen molar-refractivity contribution in [3.63, 3.8) is 0 Å². The van der Waals surface area contributed by atoms with Gasteiger partial charge in [-0.3, -0.25) is 14.5 Å². The maximum atomic E-state index is 13.5. The highest BCUT2D eigenvalue weighted by Gasteiger charge is 2.30. The third-order valence-corrected chi connectivity index (χ3v) is 6.82. The zero-order valence-electron chi connectivity index (χ0n) is 20.8. The second-order valence-corrected chi connectivity index (χ2v) is 9.31. The number of benzene rings is 3. The molecule has 5 rings (SSSR count). The minimum Gasteiger partial charge on any atom is -0.449 e. The molecule has 0 saturated carbocycles. The Labute approximate surface area is 212 Å². The van der Waals surface area contributed by atoms with Crippen LogP contribution in [0.4, 0.5) is 5.69 Å². The first-order valence-corrected chi connectivity index (χ1v) is 12.5. The molecule has 0 aromatic heterocycles. The predicted octanol–water partition coefficient (Wildman–Crippen LogP) is 4.74. The van der Waals surface area contributed by atoms with Crippen molar-refractivity contribution in [2.45, 2.75) is 20.4 Å². The van der Waals surface area contributed by atoms with Crippen LogP contribution >= 0.6 is 0 Å². The van der Waals surface area contributed by atoms with Gasteiger partial charge in [0.05, 0.1) is 12.2 Å². The van der Waals surface area contributed by atoms with Gasteiger partial charge in [0.2, 0.25) is 0 Å². The van der Waals surface area contributed by atoms with Gasteiger partial charge in [0.1, 0.15) is 0 Å². The summed E-state index contributed by atoms with van der Waals surface area (Å²) < 4.78 is 6.02. The van der Waals surface area contributed by atoms with E-state index in [1.807, 2.05) is 78.6 Å². The Morgan fingerprint density at radius 2 is 1.69 bits per heavy atom. The fourth-order valence-electron chi connectivity index (χ4n) is 4.74. The molecule has 184 valence electrons. The third-order valence-electron chi connectivity index (χ3n) is 6.82. The standard InChI is InChI=1S/C30H31N3O3/c1-3-31-15-17-32(18-16-31)29(34)25-13-11-23(12-14-25)20-28-30(35)33(21-24-8-6-7-22(2)19-24)26-9-4-5-10-27(26)36-28/h4-14,19-20H,3,15-18,21H2,1-2H3. The van der Waals surface area contributed by atoms with Crippen LogP contribution in [0.1, 0.15) is 34.0 Å². The number of likely N-dealkylation sites (N-methyl/N-ethyl adjacent to an activating group) is 1. The van der Waals surface area contributed by atoms with Crippen LogP contribution in [0.3, 0.4) is 0 Å². The molecule has 0 atom stereocenters. The normalized spacial score (nSPS) is 17.2. The van der Waals surface area contributed by atoms with E-state index >= 15 is 0 Å². The van der Waals surface area contributed by atoms with Crippen molar-refractivity contribution in [3.8, 4) is 5.75 Å². The topological polar surface area (TPSA) is 53.1 Å². The van der Waals surface area contributed by atoms with Crippen LogP contribution in [0.5, 0.6) is 5.75 Å². The summed E-state index contributed by atoms with van der Waals surface area (Å²) in [7, 11) is 0. The van der Waals surface area contributed by atoms with Crippen LogP contribution in [0.15, 0.2) is 78.6 Å². The molecule has 2 aliphatic rings. The summed E-state index contributed by atoms with van der Waals surface area (Å²) in [5, 5.41) is 0. The Morgan fingerprint density at radius 3 is 2.42 bits per heavy atom. The van der Waals surface area contributed by atoms with Crippen LogP contribution in [0.2, 0.25) is 0 Å². The van der Waals surface area contributed by atoms with Crippen molar-refractivity contribution in [3.05, 3.63) is 101 Å². The van der Waals surface area contributed by atoms with E-state index in [-0.39, 0.29) is 17.6 Å². The van der Waals surface area contributed by atoms with E-state index in [9.17, 15) is 9.59 Å². The molecule has 2 amide bonds. The number of hydrogen-bond donors (Lipinski definition) is 0. The first-order chi connectivity index (χ1) is 17.5. The molecule has 3 aromatic carbocycles. The highest BCUT2D eigenvalue weighted by molar-refractivity contribution is 6.09. The van der Waals surface area contributed by atoms with Crippen molar-refractivity contribution in [2.24, 2.45) is 0 Å². The molecule has 2 aliphatic heterocycles. The number of ether oxygens (including phenoxy) is 1.